The topological polar surface area (TPSA) is 70.1 Å². The maximum atomic E-state index is 13.4. The highest BCUT2D eigenvalue weighted by atomic mass is 79.9. The Kier molecular flexibility index (Phi) is 5.37. The molecule has 0 spiro atoms. The van der Waals surface area contributed by atoms with E-state index in [1.165, 1.54) is 4.88 Å². The van der Waals surface area contributed by atoms with Crippen molar-refractivity contribution in [1.29, 1.82) is 5.26 Å². The van der Waals surface area contributed by atoms with Crippen LogP contribution in [0.1, 0.15) is 49.3 Å². The molecule has 2 N–H and O–H groups in total. The molecule has 0 radical (unpaired) electrons. The molecule has 4 rings (SSSR count). The van der Waals surface area contributed by atoms with Crippen LogP contribution in [0.25, 0.3) is 0 Å². The summed E-state index contributed by atoms with van der Waals surface area (Å²) in [5.41, 5.74) is 9.44. The summed E-state index contributed by atoms with van der Waals surface area (Å²) in [6, 6.07) is 14.3. The zero-order valence-corrected chi connectivity index (χ0v) is 19.7. The number of nitrogens with two attached hydrogens (primary N) is 1. The molecule has 1 aromatic carbocycles. The largest absolute Gasteiger partial charge is 0.384 e. The van der Waals surface area contributed by atoms with Crippen LogP contribution in [0.5, 0.6) is 0 Å². The number of Topliss-reactive ketones (excluding diaryl/α,β-unsaturated/α-hetero) is 1. The third-order valence-electron chi connectivity index (χ3n) is 5.78. The van der Waals surface area contributed by atoms with Crippen LogP contribution in [0.15, 0.2) is 63.5 Å². The summed E-state index contributed by atoms with van der Waals surface area (Å²) in [7, 11) is 0. The van der Waals surface area contributed by atoms with Gasteiger partial charge in [-0.2, -0.15) is 5.26 Å². The van der Waals surface area contributed by atoms with Gasteiger partial charge in [0.25, 0.3) is 0 Å². The minimum Gasteiger partial charge on any atom is -0.384 e. The van der Waals surface area contributed by atoms with E-state index in [1.807, 2.05) is 35.2 Å². The lowest BCUT2D eigenvalue weighted by molar-refractivity contribution is -0.118. The number of allylic oxidation sites excluding steroid dienone is 3. The van der Waals surface area contributed by atoms with Crippen molar-refractivity contribution in [2.75, 3.05) is 4.90 Å². The Morgan fingerprint density at radius 3 is 2.53 bits per heavy atom. The molecule has 1 unspecified atom stereocenters. The van der Waals surface area contributed by atoms with Gasteiger partial charge in [0.15, 0.2) is 5.78 Å². The Bertz CT molecular complexity index is 1120. The maximum absolute atomic E-state index is 13.4. The summed E-state index contributed by atoms with van der Waals surface area (Å²) >= 11 is 5.14. The summed E-state index contributed by atoms with van der Waals surface area (Å²) in [4.78, 5) is 17.6. The van der Waals surface area contributed by atoms with E-state index in [-0.39, 0.29) is 17.1 Å². The lowest BCUT2D eigenvalue weighted by Gasteiger charge is -2.43. The van der Waals surface area contributed by atoms with Crippen molar-refractivity contribution in [2.24, 2.45) is 11.1 Å². The van der Waals surface area contributed by atoms with E-state index in [9.17, 15) is 10.1 Å². The molecule has 1 aliphatic carbocycles. The van der Waals surface area contributed by atoms with Crippen LogP contribution < -0.4 is 10.6 Å². The molecular weight excluding hydrogens is 458 g/mol. The molecule has 0 saturated heterocycles. The number of carbonyl (C=O) groups is 1. The number of anilines is 1. The van der Waals surface area contributed by atoms with Crippen LogP contribution in [0.4, 0.5) is 5.69 Å². The van der Waals surface area contributed by atoms with Crippen molar-refractivity contribution >= 4 is 38.7 Å². The van der Waals surface area contributed by atoms with E-state index in [2.05, 4.69) is 48.8 Å². The number of nitrogens with zero attached hydrogens (tertiary/aromatic N) is 2. The molecule has 6 heteroatoms. The van der Waals surface area contributed by atoms with Crippen LogP contribution >= 0.6 is 27.3 Å². The maximum Gasteiger partial charge on any atom is 0.162 e. The molecule has 2 aromatic rings. The number of ketones is 1. The second-order valence-corrected chi connectivity index (χ2v) is 10.7. The Morgan fingerprint density at radius 1 is 1.23 bits per heavy atom. The quantitative estimate of drug-likeness (QED) is 0.582. The predicted molar refractivity (Wildman–Crippen MR) is 125 cm³/mol. The van der Waals surface area contributed by atoms with E-state index in [1.54, 1.807) is 11.3 Å². The Hall–Kier alpha value is -2.36. The third-order valence-corrected chi connectivity index (χ3v) is 7.60. The fraction of sp³-hybridized carbons (Fsp3) is 0.333. The average molecular weight is 482 g/mol. The van der Waals surface area contributed by atoms with Gasteiger partial charge in [-0.25, -0.2) is 0 Å². The molecule has 2 heterocycles. The normalized spacial score (nSPS) is 21.0. The van der Waals surface area contributed by atoms with Crippen molar-refractivity contribution in [3.8, 4) is 6.07 Å². The van der Waals surface area contributed by atoms with Gasteiger partial charge >= 0.3 is 0 Å². The second-order valence-electron chi connectivity index (χ2n) is 8.61. The lowest BCUT2D eigenvalue weighted by atomic mass is 9.69. The zero-order chi connectivity index (χ0) is 21.6. The fourth-order valence-corrected chi connectivity index (χ4v) is 5.76. The molecule has 0 fully saturated rings. The average Bonchev–Trinajstić information content (AvgIpc) is 3.16. The number of thiophene rings is 1. The molecule has 1 aliphatic heterocycles. The first kappa shape index (κ1) is 20.9. The molecule has 1 atom stereocenters. The summed E-state index contributed by atoms with van der Waals surface area (Å²) in [6.07, 6.45) is 2.13. The molecule has 1 aromatic heterocycles. The monoisotopic (exact) mass is 481 g/mol. The predicted octanol–water partition coefficient (Wildman–Crippen LogP) is 6.01. The first-order valence-electron chi connectivity index (χ1n) is 10.1. The number of hydrogen-bond acceptors (Lipinski definition) is 5. The highest BCUT2D eigenvalue weighted by Crippen LogP contribution is 2.51. The smallest absolute Gasteiger partial charge is 0.162 e. The van der Waals surface area contributed by atoms with Gasteiger partial charge in [-0.15, -0.1) is 11.3 Å². The van der Waals surface area contributed by atoms with E-state index in [0.717, 1.165) is 39.1 Å². The molecule has 2 aliphatic rings. The van der Waals surface area contributed by atoms with Gasteiger partial charge in [0.05, 0.1) is 17.6 Å². The van der Waals surface area contributed by atoms with Crippen molar-refractivity contribution < 1.29 is 4.79 Å². The Morgan fingerprint density at radius 2 is 1.93 bits per heavy atom. The first-order valence-corrected chi connectivity index (χ1v) is 11.7. The van der Waals surface area contributed by atoms with Crippen molar-refractivity contribution in [3.63, 3.8) is 0 Å². The minimum atomic E-state index is -0.384. The van der Waals surface area contributed by atoms with Gasteiger partial charge < -0.3 is 5.73 Å². The van der Waals surface area contributed by atoms with Gasteiger partial charge in [0.2, 0.25) is 0 Å². The van der Waals surface area contributed by atoms with Gasteiger partial charge in [-0.3, -0.25) is 9.69 Å². The SMILES string of the molecule is CCc1ccc(C2C(C#N)=C(N)N(c3ccc(Br)cc3)C3=C2C(=O)CC(C)(C)C3)s1. The number of aryl methyl sites for hydroxylation is 1. The van der Waals surface area contributed by atoms with Gasteiger partial charge in [-0.1, -0.05) is 36.7 Å². The molecule has 0 bridgehead atoms. The van der Waals surface area contributed by atoms with Crippen molar-refractivity contribution in [2.45, 2.75) is 46.0 Å². The number of hydrogen-bond donors (Lipinski definition) is 1. The standard InChI is InChI=1S/C24H24BrN3OS/c1-4-16-9-10-20(30-16)21-17(13-26)23(27)28(15-7-5-14(25)6-8-15)18-11-24(2,3)12-19(29)22(18)21/h5-10,21H,4,11-12,27H2,1-3H3. The van der Waals surface area contributed by atoms with E-state index in [0.29, 0.717) is 17.8 Å². The van der Waals surface area contributed by atoms with Crippen LogP contribution in [0.3, 0.4) is 0 Å². The van der Waals surface area contributed by atoms with Crippen LogP contribution in [0.2, 0.25) is 0 Å². The van der Waals surface area contributed by atoms with Gasteiger partial charge in [-0.05, 0) is 54.7 Å². The van der Waals surface area contributed by atoms with Crippen LogP contribution in [-0.2, 0) is 11.2 Å². The highest BCUT2D eigenvalue weighted by Gasteiger charge is 2.45. The Balaban J connectivity index is 1.97. The highest BCUT2D eigenvalue weighted by molar-refractivity contribution is 9.10. The molecule has 0 amide bonds. The molecular formula is C24H24BrN3OS. The first-order chi connectivity index (χ1) is 14.3. The molecule has 154 valence electrons. The fourth-order valence-electron chi connectivity index (χ4n) is 4.42. The summed E-state index contributed by atoms with van der Waals surface area (Å²) in [6.45, 7) is 6.34. The summed E-state index contributed by atoms with van der Waals surface area (Å²) in [5, 5.41) is 10.1. The number of benzene rings is 1. The van der Waals surface area contributed by atoms with Crippen LogP contribution in [-0.4, -0.2) is 5.78 Å². The van der Waals surface area contributed by atoms with Crippen LogP contribution in [0, 0.1) is 16.7 Å². The number of halogens is 1. The van der Waals surface area contributed by atoms with Crippen molar-refractivity contribution in [3.05, 3.63) is 73.3 Å². The van der Waals surface area contributed by atoms with E-state index < -0.39 is 0 Å². The van der Waals surface area contributed by atoms with Gasteiger partial charge in [0.1, 0.15) is 5.82 Å². The van der Waals surface area contributed by atoms with E-state index in [4.69, 9.17) is 5.73 Å². The van der Waals surface area contributed by atoms with Gasteiger partial charge in [0, 0.05) is 37.6 Å². The summed E-state index contributed by atoms with van der Waals surface area (Å²) < 4.78 is 0.962. The molecule has 30 heavy (non-hydrogen) atoms. The number of carbonyl (C=O) groups excluding carboxylic acids is 1. The zero-order valence-electron chi connectivity index (χ0n) is 17.3. The molecule has 4 nitrogen and oxygen atoms in total. The second kappa shape index (κ2) is 7.72. The number of nitriles is 1. The molecule has 0 saturated carbocycles. The third kappa shape index (κ3) is 3.51. The minimum absolute atomic E-state index is 0.111. The summed E-state index contributed by atoms with van der Waals surface area (Å²) in [5.74, 6) is 0.145. The number of rotatable bonds is 3. The Labute approximate surface area is 189 Å². The van der Waals surface area contributed by atoms with Crippen molar-refractivity contribution in [1.82, 2.24) is 0 Å². The lowest BCUT2D eigenvalue weighted by Crippen LogP contribution is -2.42. The van der Waals surface area contributed by atoms with E-state index >= 15 is 0 Å².